The Labute approximate surface area is 124 Å². The van der Waals surface area contributed by atoms with Gasteiger partial charge in [-0.3, -0.25) is 4.79 Å². The largest absolute Gasteiger partial charge is 0.322 e. The van der Waals surface area contributed by atoms with Crippen molar-refractivity contribution in [3.63, 3.8) is 0 Å². The highest BCUT2D eigenvalue weighted by molar-refractivity contribution is 6.05. The molecule has 0 atom stereocenters. The molecule has 0 aromatic heterocycles. The van der Waals surface area contributed by atoms with Crippen molar-refractivity contribution in [2.24, 2.45) is 0 Å². The van der Waals surface area contributed by atoms with E-state index in [2.05, 4.69) is 17.6 Å². The van der Waals surface area contributed by atoms with Crippen LogP contribution >= 0.6 is 0 Å². The van der Waals surface area contributed by atoms with Gasteiger partial charge in [0.25, 0.3) is 5.91 Å². The van der Waals surface area contributed by atoms with Crippen molar-refractivity contribution in [2.45, 2.75) is 20.4 Å². The topological polar surface area (TPSA) is 41.1 Å². The second-order valence-corrected chi connectivity index (χ2v) is 4.89. The first-order valence-corrected chi connectivity index (χ1v) is 6.97. The molecular weight excluding hydrogens is 267 g/mol. The molecule has 4 heteroatoms. The first-order valence-electron chi connectivity index (χ1n) is 6.97. The molecule has 0 radical (unpaired) electrons. The quantitative estimate of drug-likeness (QED) is 0.883. The van der Waals surface area contributed by atoms with E-state index in [0.29, 0.717) is 11.3 Å². The molecule has 0 fully saturated rings. The van der Waals surface area contributed by atoms with E-state index >= 15 is 0 Å². The van der Waals surface area contributed by atoms with Crippen LogP contribution in [-0.2, 0) is 6.54 Å². The van der Waals surface area contributed by atoms with Gasteiger partial charge in [-0.05, 0) is 48.9 Å². The molecule has 2 aromatic carbocycles. The van der Waals surface area contributed by atoms with Gasteiger partial charge in [-0.15, -0.1) is 0 Å². The van der Waals surface area contributed by atoms with Gasteiger partial charge in [0.05, 0.1) is 0 Å². The zero-order valence-electron chi connectivity index (χ0n) is 12.2. The van der Waals surface area contributed by atoms with E-state index in [1.165, 1.54) is 12.1 Å². The van der Waals surface area contributed by atoms with Gasteiger partial charge in [0.2, 0.25) is 0 Å². The van der Waals surface area contributed by atoms with Crippen LogP contribution in [0.4, 0.5) is 10.1 Å². The summed E-state index contributed by atoms with van der Waals surface area (Å²) in [6.07, 6.45) is 0. The molecule has 0 spiro atoms. The van der Waals surface area contributed by atoms with Crippen LogP contribution in [0.5, 0.6) is 0 Å². The van der Waals surface area contributed by atoms with E-state index < -0.39 is 5.82 Å². The Bertz CT molecular complexity index is 623. The second kappa shape index (κ2) is 6.99. The number of aryl methyl sites for hydroxylation is 1. The van der Waals surface area contributed by atoms with Crippen LogP contribution in [0.25, 0.3) is 0 Å². The molecule has 0 bridgehead atoms. The lowest BCUT2D eigenvalue weighted by Gasteiger charge is -2.09. The van der Waals surface area contributed by atoms with Crippen LogP contribution in [0.1, 0.15) is 28.4 Å². The van der Waals surface area contributed by atoms with Crippen LogP contribution in [0.3, 0.4) is 0 Å². The Hall–Kier alpha value is -2.20. The highest BCUT2D eigenvalue weighted by Crippen LogP contribution is 2.14. The van der Waals surface area contributed by atoms with Gasteiger partial charge < -0.3 is 10.6 Å². The maximum atomic E-state index is 13.2. The third kappa shape index (κ3) is 4.13. The summed E-state index contributed by atoms with van der Waals surface area (Å²) in [5.41, 5.74) is 2.95. The molecule has 2 N–H and O–H groups in total. The summed E-state index contributed by atoms with van der Waals surface area (Å²) < 4.78 is 13.2. The highest BCUT2D eigenvalue weighted by atomic mass is 19.1. The minimum absolute atomic E-state index is 0.300. The van der Waals surface area contributed by atoms with Crippen molar-refractivity contribution >= 4 is 11.6 Å². The number of nitrogens with one attached hydrogen (secondary N) is 2. The van der Waals surface area contributed by atoms with Crippen molar-refractivity contribution in [3.8, 4) is 0 Å². The smallest absolute Gasteiger partial charge is 0.256 e. The van der Waals surface area contributed by atoms with Crippen molar-refractivity contribution in [3.05, 3.63) is 65.0 Å². The maximum absolute atomic E-state index is 13.2. The molecule has 21 heavy (non-hydrogen) atoms. The number of hydrogen-bond acceptors (Lipinski definition) is 2. The molecule has 2 rings (SSSR count). The summed E-state index contributed by atoms with van der Waals surface area (Å²) in [4.78, 5) is 12.2. The van der Waals surface area contributed by atoms with Gasteiger partial charge >= 0.3 is 0 Å². The van der Waals surface area contributed by atoms with E-state index in [1.807, 2.05) is 24.3 Å². The Kier molecular flexibility index (Phi) is 5.06. The lowest BCUT2D eigenvalue weighted by molar-refractivity contribution is 0.102. The third-order valence-corrected chi connectivity index (χ3v) is 3.24. The summed E-state index contributed by atoms with van der Waals surface area (Å²) in [7, 11) is 0. The van der Waals surface area contributed by atoms with Crippen molar-refractivity contribution in [2.75, 3.05) is 11.9 Å². The van der Waals surface area contributed by atoms with Gasteiger partial charge in [0.15, 0.2) is 0 Å². The molecule has 0 aliphatic carbocycles. The SMILES string of the molecule is CCNCc1ccc(NC(=O)c2cc(F)ccc2C)cc1. The molecule has 0 aliphatic rings. The maximum Gasteiger partial charge on any atom is 0.256 e. The van der Waals surface area contributed by atoms with Crippen molar-refractivity contribution in [1.82, 2.24) is 5.32 Å². The standard InChI is InChI=1S/C17H19FN2O/c1-3-19-11-13-5-8-15(9-6-13)20-17(21)16-10-14(18)7-4-12(16)2/h4-10,19H,3,11H2,1-2H3,(H,20,21). The van der Waals surface area contributed by atoms with Crippen LogP contribution < -0.4 is 10.6 Å². The van der Waals surface area contributed by atoms with E-state index in [-0.39, 0.29) is 5.91 Å². The number of carbonyl (C=O) groups excluding carboxylic acids is 1. The number of hydrogen-bond donors (Lipinski definition) is 2. The molecule has 2 aromatic rings. The molecule has 0 aliphatic heterocycles. The monoisotopic (exact) mass is 286 g/mol. The van der Waals surface area contributed by atoms with Gasteiger partial charge in [-0.2, -0.15) is 0 Å². The Morgan fingerprint density at radius 3 is 2.52 bits per heavy atom. The van der Waals surface area contributed by atoms with Crippen molar-refractivity contribution in [1.29, 1.82) is 0 Å². The van der Waals surface area contributed by atoms with Gasteiger partial charge in [0.1, 0.15) is 5.82 Å². The average molecular weight is 286 g/mol. The first kappa shape index (κ1) is 15.2. The van der Waals surface area contributed by atoms with Crippen LogP contribution in [-0.4, -0.2) is 12.5 Å². The van der Waals surface area contributed by atoms with E-state index in [4.69, 9.17) is 0 Å². The Balaban J connectivity index is 2.07. The fraction of sp³-hybridized carbons (Fsp3) is 0.235. The summed E-state index contributed by atoms with van der Waals surface area (Å²) in [5.74, 6) is -0.710. The van der Waals surface area contributed by atoms with E-state index in [9.17, 15) is 9.18 Å². The molecule has 0 unspecified atom stereocenters. The zero-order valence-corrected chi connectivity index (χ0v) is 12.2. The average Bonchev–Trinajstić information content (AvgIpc) is 2.49. The number of benzene rings is 2. The molecule has 110 valence electrons. The van der Waals surface area contributed by atoms with E-state index in [1.54, 1.807) is 13.0 Å². The van der Waals surface area contributed by atoms with Gasteiger partial charge in [-0.25, -0.2) is 4.39 Å². The summed E-state index contributed by atoms with van der Waals surface area (Å²) in [6.45, 7) is 5.55. The number of halogens is 1. The lowest BCUT2D eigenvalue weighted by atomic mass is 10.1. The van der Waals surface area contributed by atoms with Gasteiger partial charge in [0, 0.05) is 17.8 Å². The highest BCUT2D eigenvalue weighted by Gasteiger charge is 2.10. The minimum atomic E-state index is -0.410. The zero-order chi connectivity index (χ0) is 15.2. The molecule has 3 nitrogen and oxygen atoms in total. The number of rotatable bonds is 5. The summed E-state index contributed by atoms with van der Waals surface area (Å²) in [5, 5.41) is 6.02. The lowest BCUT2D eigenvalue weighted by Crippen LogP contribution is -2.14. The summed E-state index contributed by atoms with van der Waals surface area (Å²) in [6, 6.07) is 11.8. The third-order valence-electron chi connectivity index (χ3n) is 3.24. The Morgan fingerprint density at radius 1 is 1.14 bits per heavy atom. The van der Waals surface area contributed by atoms with E-state index in [0.717, 1.165) is 24.2 Å². The fourth-order valence-corrected chi connectivity index (χ4v) is 2.01. The van der Waals surface area contributed by atoms with Crippen LogP contribution in [0.2, 0.25) is 0 Å². The molecule has 1 amide bonds. The Morgan fingerprint density at radius 2 is 1.86 bits per heavy atom. The number of anilines is 1. The summed E-state index contributed by atoms with van der Waals surface area (Å²) >= 11 is 0. The van der Waals surface area contributed by atoms with Crippen LogP contribution in [0, 0.1) is 12.7 Å². The molecular formula is C17H19FN2O. The molecule has 0 heterocycles. The minimum Gasteiger partial charge on any atom is -0.322 e. The fourth-order valence-electron chi connectivity index (χ4n) is 2.01. The predicted octanol–water partition coefficient (Wildman–Crippen LogP) is 3.50. The predicted molar refractivity (Wildman–Crippen MR) is 82.9 cm³/mol. The van der Waals surface area contributed by atoms with Crippen molar-refractivity contribution < 1.29 is 9.18 Å². The van der Waals surface area contributed by atoms with Gasteiger partial charge in [-0.1, -0.05) is 25.1 Å². The molecule has 0 saturated carbocycles. The number of amides is 1. The number of carbonyl (C=O) groups is 1. The normalized spacial score (nSPS) is 10.4. The first-order chi connectivity index (χ1) is 10.1. The molecule has 0 saturated heterocycles. The van der Waals surface area contributed by atoms with Crippen LogP contribution in [0.15, 0.2) is 42.5 Å². The second-order valence-electron chi connectivity index (χ2n) is 4.89.